The van der Waals surface area contributed by atoms with E-state index in [2.05, 4.69) is 31.2 Å². The fourth-order valence-electron chi connectivity index (χ4n) is 2.32. The van der Waals surface area contributed by atoms with Crippen LogP contribution in [0.15, 0.2) is 24.3 Å². The number of rotatable bonds is 0. The molecule has 0 heteroatoms. The lowest BCUT2D eigenvalue weighted by atomic mass is 9.73. The van der Waals surface area contributed by atoms with Gasteiger partial charge in [-0.2, -0.15) is 0 Å². The lowest BCUT2D eigenvalue weighted by molar-refractivity contribution is 0.265. The van der Waals surface area contributed by atoms with Crippen LogP contribution >= 0.6 is 0 Å². The van der Waals surface area contributed by atoms with Crippen molar-refractivity contribution in [1.29, 1.82) is 0 Å². The van der Waals surface area contributed by atoms with Crippen LogP contribution in [0, 0.1) is 17.8 Å². The van der Waals surface area contributed by atoms with Crippen LogP contribution in [-0.2, 0) is 0 Å². The zero-order chi connectivity index (χ0) is 9.68. The number of hydrogen-bond acceptors (Lipinski definition) is 0. The van der Waals surface area contributed by atoms with E-state index in [0.717, 1.165) is 17.8 Å². The van der Waals surface area contributed by atoms with Gasteiger partial charge < -0.3 is 0 Å². The molecule has 74 valence electrons. The van der Waals surface area contributed by atoms with E-state index in [0.29, 0.717) is 0 Å². The Kier molecular flexibility index (Phi) is 4.27. The maximum absolute atomic E-state index is 2.39. The topological polar surface area (TPSA) is 0 Å². The van der Waals surface area contributed by atoms with E-state index >= 15 is 0 Å². The molecule has 0 heterocycles. The van der Waals surface area contributed by atoms with E-state index in [4.69, 9.17) is 0 Å². The normalized spacial score (nSPS) is 36.1. The summed E-state index contributed by atoms with van der Waals surface area (Å²) in [7, 11) is 0. The molecule has 0 N–H and O–H groups in total. The van der Waals surface area contributed by atoms with Crippen molar-refractivity contribution < 1.29 is 0 Å². The Morgan fingerprint density at radius 2 is 1.54 bits per heavy atom. The highest BCUT2D eigenvalue weighted by Crippen LogP contribution is 2.36. The van der Waals surface area contributed by atoms with E-state index in [1.54, 1.807) is 0 Å². The van der Waals surface area contributed by atoms with Crippen LogP contribution in [0.3, 0.4) is 0 Å². The van der Waals surface area contributed by atoms with Gasteiger partial charge in [0.05, 0.1) is 0 Å². The first-order valence-corrected chi connectivity index (χ1v) is 5.71. The van der Waals surface area contributed by atoms with Crippen molar-refractivity contribution in [2.75, 3.05) is 0 Å². The lowest BCUT2D eigenvalue weighted by Gasteiger charge is -2.32. The fourth-order valence-corrected chi connectivity index (χ4v) is 2.32. The molecule has 0 spiro atoms. The van der Waals surface area contributed by atoms with E-state index < -0.39 is 0 Å². The minimum absolute atomic E-state index is 0.865. The third kappa shape index (κ3) is 2.72. The standard InChI is InChI=1S/C11H16.C2H6/c1-9-6-7-10-4-2-3-5-11(10)8-9;1-2/h2-5,9-11H,6-8H2,1H3;1-2H3. The quantitative estimate of drug-likeness (QED) is 0.521. The van der Waals surface area contributed by atoms with Crippen LogP contribution in [0.25, 0.3) is 0 Å². The Bertz CT molecular complexity index is 188. The zero-order valence-corrected chi connectivity index (χ0v) is 9.16. The van der Waals surface area contributed by atoms with Crippen molar-refractivity contribution in [3.8, 4) is 0 Å². The molecule has 0 bridgehead atoms. The number of hydrogen-bond donors (Lipinski definition) is 0. The summed E-state index contributed by atoms with van der Waals surface area (Å²) < 4.78 is 0. The maximum Gasteiger partial charge on any atom is -0.0165 e. The smallest absolute Gasteiger partial charge is 0.0165 e. The predicted octanol–water partition coefficient (Wildman–Crippen LogP) is 4.19. The molecular formula is C13H22. The molecule has 0 nitrogen and oxygen atoms in total. The molecule has 13 heavy (non-hydrogen) atoms. The second-order valence-corrected chi connectivity index (χ2v) is 4.02. The van der Waals surface area contributed by atoms with Gasteiger partial charge in [-0.15, -0.1) is 0 Å². The van der Waals surface area contributed by atoms with Gasteiger partial charge in [0.1, 0.15) is 0 Å². The first-order chi connectivity index (χ1) is 6.36. The van der Waals surface area contributed by atoms with Crippen molar-refractivity contribution in [1.82, 2.24) is 0 Å². The third-order valence-electron chi connectivity index (χ3n) is 3.04. The molecule has 1 saturated carbocycles. The zero-order valence-electron chi connectivity index (χ0n) is 9.16. The average Bonchev–Trinajstić information content (AvgIpc) is 2.21. The van der Waals surface area contributed by atoms with Crippen LogP contribution in [0.2, 0.25) is 0 Å². The summed E-state index contributed by atoms with van der Waals surface area (Å²) in [6.07, 6.45) is 13.4. The lowest BCUT2D eigenvalue weighted by Crippen LogP contribution is -2.21. The van der Waals surface area contributed by atoms with Gasteiger partial charge >= 0.3 is 0 Å². The summed E-state index contributed by atoms with van der Waals surface area (Å²) in [5.74, 6) is 2.69. The SMILES string of the molecule is CC.CC1CCC2C=CC=CC2C1. The summed E-state index contributed by atoms with van der Waals surface area (Å²) in [6.45, 7) is 6.38. The van der Waals surface area contributed by atoms with Crippen molar-refractivity contribution in [3.63, 3.8) is 0 Å². The molecule has 0 aromatic heterocycles. The van der Waals surface area contributed by atoms with E-state index in [9.17, 15) is 0 Å². The Hall–Kier alpha value is -0.520. The van der Waals surface area contributed by atoms with Crippen LogP contribution in [-0.4, -0.2) is 0 Å². The Morgan fingerprint density at radius 3 is 2.23 bits per heavy atom. The largest absolute Gasteiger partial charge is 0.0808 e. The Balaban J connectivity index is 0.000000396. The molecule has 2 rings (SSSR count). The minimum Gasteiger partial charge on any atom is -0.0808 e. The van der Waals surface area contributed by atoms with Gasteiger partial charge in [0.25, 0.3) is 0 Å². The molecule has 2 aliphatic carbocycles. The molecular weight excluding hydrogens is 156 g/mol. The highest BCUT2D eigenvalue weighted by molar-refractivity contribution is 5.15. The molecule has 3 atom stereocenters. The van der Waals surface area contributed by atoms with Crippen molar-refractivity contribution in [3.05, 3.63) is 24.3 Å². The number of allylic oxidation sites excluding steroid dienone is 4. The summed E-state index contributed by atoms with van der Waals surface area (Å²) >= 11 is 0. The van der Waals surface area contributed by atoms with E-state index in [1.165, 1.54) is 19.3 Å². The molecule has 0 aliphatic heterocycles. The first kappa shape index (κ1) is 10.6. The monoisotopic (exact) mass is 178 g/mol. The Labute approximate surface area is 82.7 Å². The van der Waals surface area contributed by atoms with E-state index in [1.807, 2.05) is 13.8 Å². The number of fused-ring (bicyclic) bond motifs is 1. The van der Waals surface area contributed by atoms with Gasteiger partial charge in [-0.25, -0.2) is 0 Å². The van der Waals surface area contributed by atoms with E-state index in [-0.39, 0.29) is 0 Å². The van der Waals surface area contributed by atoms with Gasteiger partial charge in [0.15, 0.2) is 0 Å². The first-order valence-electron chi connectivity index (χ1n) is 5.71. The molecule has 2 aliphatic rings. The molecule has 0 saturated heterocycles. The molecule has 0 aromatic carbocycles. The summed E-state index contributed by atoms with van der Waals surface area (Å²) in [6, 6.07) is 0. The van der Waals surface area contributed by atoms with Gasteiger partial charge in [-0.1, -0.05) is 51.5 Å². The highest BCUT2D eigenvalue weighted by Gasteiger charge is 2.25. The molecule has 3 unspecified atom stereocenters. The summed E-state index contributed by atoms with van der Waals surface area (Å²) in [4.78, 5) is 0. The van der Waals surface area contributed by atoms with Gasteiger partial charge in [0.2, 0.25) is 0 Å². The fraction of sp³-hybridized carbons (Fsp3) is 0.692. The van der Waals surface area contributed by atoms with Gasteiger partial charge in [0, 0.05) is 0 Å². The average molecular weight is 178 g/mol. The van der Waals surface area contributed by atoms with Crippen LogP contribution in [0.4, 0.5) is 0 Å². The molecule has 0 radical (unpaired) electrons. The van der Waals surface area contributed by atoms with Crippen LogP contribution in [0.1, 0.15) is 40.0 Å². The van der Waals surface area contributed by atoms with Crippen LogP contribution < -0.4 is 0 Å². The molecule has 1 fully saturated rings. The van der Waals surface area contributed by atoms with Crippen molar-refractivity contribution in [2.45, 2.75) is 40.0 Å². The molecule has 0 amide bonds. The third-order valence-corrected chi connectivity index (χ3v) is 3.04. The minimum atomic E-state index is 0.865. The highest BCUT2D eigenvalue weighted by atomic mass is 14.3. The Morgan fingerprint density at radius 1 is 0.923 bits per heavy atom. The maximum atomic E-state index is 2.39. The van der Waals surface area contributed by atoms with Gasteiger partial charge in [-0.05, 0) is 30.6 Å². The second-order valence-electron chi connectivity index (χ2n) is 4.02. The van der Waals surface area contributed by atoms with Crippen molar-refractivity contribution in [2.24, 2.45) is 17.8 Å². The summed E-state index contributed by atoms with van der Waals surface area (Å²) in [5, 5.41) is 0. The van der Waals surface area contributed by atoms with Gasteiger partial charge in [-0.3, -0.25) is 0 Å². The van der Waals surface area contributed by atoms with Crippen molar-refractivity contribution >= 4 is 0 Å². The summed E-state index contributed by atoms with van der Waals surface area (Å²) in [5.41, 5.74) is 0. The molecule has 0 aromatic rings. The second kappa shape index (κ2) is 5.26. The predicted molar refractivity (Wildman–Crippen MR) is 59.6 cm³/mol. The van der Waals surface area contributed by atoms with Crippen LogP contribution in [0.5, 0.6) is 0 Å².